The molecule has 0 aliphatic rings. The number of aliphatic hydroxyl groups is 1. The summed E-state index contributed by atoms with van der Waals surface area (Å²) in [6.07, 6.45) is 0.00318. The minimum absolute atomic E-state index is 0.0935. The Balaban J connectivity index is 1.50. The minimum Gasteiger partial charge on any atom is -0.497 e. The molecule has 9 heteroatoms. The summed E-state index contributed by atoms with van der Waals surface area (Å²) < 4.78 is 19.8. The third-order valence-electron chi connectivity index (χ3n) is 7.04. The Morgan fingerprint density at radius 1 is 0.875 bits per heavy atom. The zero-order valence-corrected chi connectivity index (χ0v) is 22.8. The fraction of sp³-hybridized carbons (Fsp3) is 0.258. The average molecular weight is 540 g/mol. The number of hydrogen-bond donors (Lipinski definition) is 2. The fourth-order valence-electron chi connectivity index (χ4n) is 5.00. The summed E-state index contributed by atoms with van der Waals surface area (Å²) in [7, 11) is 3.20. The number of nitrogens with two attached hydrogens (primary N) is 1. The number of rotatable bonds is 11. The van der Waals surface area contributed by atoms with Crippen LogP contribution in [-0.2, 0) is 21.6 Å². The first-order valence-electron chi connectivity index (χ1n) is 13.0. The lowest BCUT2D eigenvalue weighted by atomic mass is 9.80. The van der Waals surface area contributed by atoms with E-state index in [-0.39, 0.29) is 13.2 Å². The molecular formula is C31H33N5O4. The molecule has 5 aromatic rings. The predicted octanol–water partition coefficient (Wildman–Crippen LogP) is 4.11. The van der Waals surface area contributed by atoms with Crippen molar-refractivity contribution in [3.05, 3.63) is 114 Å². The second-order valence-electron chi connectivity index (χ2n) is 9.52. The van der Waals surface area contributed by atoms with Crippen LogP contribution < -0.4 is 10.5 Å². The molecular weight excluding hydrogens is 506 g/mol. The zero-order valence-electron chi connectivity index (χ0n) is 22.8. The van der Waals surface area contributed by atoms with Gasteiger partial charge in [-0.25, -0.2) is 15.0 Å². The van der Waals surface area contributed by atoms with Crippen LogP contribution in [0.5, 0.6) is 5.75 Å². The van der Waals surface area contributed by atoms with E-state index in [1.807, 2.05) is 84.9 Å². The molecule has 0 bridgehead atoms. The molecule has 0 aliphatic carbocycles. The summed E-state index contributed by atoms with van der Waals surface area (Å²) in [5.41, 5.74) is 8.90. The van der Waals surface area contributed by atoms with Crippen LogP contribution in [0.2, 0.25) is 0 Å². The maximum Gasteiger partial charge on any atom is 0.165 e. The van der Waals surface area contributed by atoms with E-state index in [9.17, 15) is 5.11 Å². The van der Waals surface area contributed by atoms with Crippen LogP contribution in [0.1, 0.15) is 22.5 Å². The highest BCUT2D eigenvalue weighted by Gasteiger charge is 2.39. The van der Waals surface area contributed by atoms with E-state index < -0.39 is 17.8 Å². The summed E-state index contributed by atoms with van der Waals surface area (Å²) in [6, 6.07) is 27.9. The Hall–Kier alpha value is -4.31. The Labute approximate surface area is 233 Å². The van der Waals surface area contributed by atoms with E-state index >= 15 is 0 Å². The number of anilines is 1. The molecule has 0 spiro atoms. The van der Waals surface area contributed by atoms with Gasteiger partial charge >= 0.3 is 0 Å². The normalized spacial score (nSPS) is 13.3. The second kappa shape index (κ2) is 11.8. The molecule has 9 nitrogen and oxygen atoms in total. The van der Waals surface area contributed by atoms with Crippen molar-refractivity contribution in [2.24, 2.45) is 0 Å². The number of aryl methyl sites for hydroxylation is 1. The van der Waals surface area contributed by atoms with Gasteiger partial charge in [0.05, 0.1) is 26.6 Å². The van der Waals surface area contributed by atoms with Gasteiger partial charge < -0.3 is 29.6 Å². The Morgan fingerprint density at radius 2 is 1.48 bits per heavy atom. The molecule has 0 saturated carbocycles. The lowest BCUT2D eigenvalue weighted by Gasteiger charge is -2.37. The molecule has 2 aromatic heterocycles. The van der Waals surface area contributed by atoms with Crippen molar-refractivity contribution >= 4 is 17.0 Å². The molecule has 0 fully saturated rings. The van der Waals surface area contributed by atoms with Crippen molar-refractivity contribution in [3.63, 3.8) is 0 Å². The van der Waals surface area contributed by atoms with Gasteiger partial charge in [0, 0.05) is 7.11 Å². The van der Waals surface area contributed by atoms with Gasteiger partial charge in [-0.05, 0) is 35.7 Å². The summed E-state index contributed by atoms with van der Waals surface area (Å²) in [5, 5.41) is 11.3. The van der Waals surface area contributed by atoms with Gasteiger partial charge in [0.15, 0.2) is 11.5 Å². The summed E-state index contributed by atoms with van der Waals surface area (Å²) >= 11 is 0. The monoisotopic (exact) mass is 539 g/mol. The van der Waals surface area contributed by atoms with Crippen LogP contribution in [0.25, 0.3) is 11.2 Å². The highest BCUT2D eigenvalue weighted by Crippen LogP contribution is 2.41. The maximum atomic E-state index is 11.3. The van der Waals surface area contributed by atoms with Crippen molar-refractivity contribution in [1.29, 1.82) is 0 Å². The number of nitrogen functional groups attached to an aromatic ring is 1. The van der Waals surface area contributed by atoms with Crippen molar-refractivity contribution in [2.45, 2.75) is 31.3 Å². The lowest BCUT2D eigenvalue weighted by molar-refractivity contribution is -0.0967. The fourth-order valence-corrected chi connectivity index (χ4v) is 5.00. The van der Waals surface area contributed by atoms with Gasteiger partial charge in [-0.1, -0.05) is 72.8 Å². The van der Waals surface area contributed by atoms with E-state index in [2.05, 4.69) is 15.0 Å². The van der Waals surface area contributed by atoms with Gasteiger partial charge in [0.25, 0.3) is 0 Å². The summed E-state index contributed by atoms with van der Waals surface area (Å²) in [4.78, 5) is 13.0. The topological polar surface area (TPSA) is 118 Å². The molecule has 3 aromatic carbocycles. The first kappa shape index (κ1) is 27.3. The zero-order chi connectivity index (χ0) is 28.1. The number of methoxy groups -OCH3 is 2. The number of fused-ring (bicyclic) bond motifs is 1. The molecule has 40 heavy (non-hydrogen) atoms. The van der Waals surface area contributed by atoms with Crippen LogP contribution in [0.15, 0.2) is 91.3 Å². The molecule has 2 heterocycles. The number of aliphatic hydroxyl groups excluding tert-OH is 1. The minimum atomic E-state index is -0.980. The van der Waals surface area contributed by atoms with E-state index in [1.54, 1.807) is 32.0 Å². The molecule has 0 saturated heterocycles. The molecule has 206 valence electrons. The van der Waals surface area contributed by atoms with Crippen LogP contribution in [-0.4, -0.2) is 57.7 Å². The SMILES string of the molecule is COc1ccc(C(OCC(OC)C(O)Cn2cnc3c(N)nc(C)nc32)(c2ccccc2)c2ccccc2)cc1. The molecule has 3 N–H and O–H groups in total. The van der Waals surface area contributed by atoms with Crippen molar-refractivity contribution < 1.29 is 19.3 Å². The second-order valence-corrected chi connectivity index (χ2v) is 9.52. The molecule has 2 atom stereocenters. The third kappa shape index (κ3) is 5.27. The Bertz CT molecular complexity index is 1500. The maximum absolute atomic E-state index is 11.3. The largest absolute Gasteiger partial charge is 0.497 e. The van der Waals surface area contributed by atoms with Gasteiger partial charge in [0.1, 0.15) is 34.9 Å². The van der Waals surface area contributed by atoms with Crippen LogP contribution in [0.3, 0.4) is 0 Å². The van der Waals surface area contributed by atoms with E-state index in [4.69, 9.17) is 19.9 Å². The first-order chi connectivity index (χ1) is 19.5. The molecule has 5 rings (SSSR count). The molecule has 0 aliphatic heterocycles. The Kier molecular flexibility index (Phi) is 8.06. The highest BCUT2D eigenvalue weighted by atomic mass is 16.5. The number of aromatic nitrogens is 4. The molecule has 0 amide bonds. The highest BCUT2D eigenvalue weighted by molar-refractivity contribution is 5.81. The van der Waals surface area contributed by atoms with Crippen LogP contribution in [0, 0.1) is 6.92 Å². The standard InChI is InChI=1S/C31H33N5O4/c1-21-34-29(32)28-30(35-21)36(20-33-28)18-26(37)27(39-3)19-40-31(22-10-6-4-7-11-22,23-12-8-5-9-13-23)24-14-16-25(38-2)17-15-24/h4-17,20,26-27,37H,18-19H2,1-3H3,(H2,32,34,35). The predicted molar refractivity (Wildman–Crippen MR) is 153 cm³/mol. The third-order valence-corrected chi connectivity index (χ3v) is 7.04. The van der Waals surface area contributed by atoms with Crippen LogP contribution >= 0.6 is 0 Å². The summed E-state index contributed by atoms with van der Waals surface area (Å²) in [5.74, 6) is 1.58. The molecule has 2 unspecified atom stereocenters. The van der Waals surface area contributed by atoms with E-state index in [0.29, 0.717) is 22.8 Å². The quantitative estimate of drug-likeness (QED) is 0.241. The van der Waals surface area contributed by atoms with Gasteiger partial charge in [-0.2, -0.15) is 0 Å². The van der Waals surface area contributed by atoms with Crippen molar-refractivity contribution in [1.82, 2.24) is 19.5 Å². The summed E-state index contributed by atoms with van der Waals surface area (Å²) in [6.45, 7) is 2.04. The van der Waals surface area contributed by atoms with Gasteiger partial charge in [0.2, 0.25) is 0 Å². The lowest BCUT2D eigenvalue weighted by Crippen LogP contribution is -2.41. The first-order valence-corrected chi connectivity index (χ1v) is 13.0. The Morgan fingerprint density at radius 3 is 2.05 bits per heavy atom. The number of hydrogen-bond acceptors (Lipinski definition) is 8. The van der Waals surface area contributed by atoms with E-state index in [0.717, 1.165) is 22.4 Å². The van der Waals surface area contributed by atoms with Crippen molar-refractivity contribution in [3.8, 4) is 5.75 Å². The van der Waals surface area contributed by atoms with Crippen LogP contribution in [0.4, 0.5) is 5.82 Å². The van der Waals surface area contributed by atoms with Gasteiger partial charge in [-0.15, -0.1) is 0 Å². The average Bonchev–Trinajstić information content (AvgIpc) is 3.39. The van der Waals surface area contributed by atoms with E-state index in [1.165, 1.54) is 0 Å². The number of imidazole rings is 1. The number of benzene rings is 3. The van der Waals surface area contributed by atoms with Gasteiger partial charge in [-0.3, -0.25) is 0 Å². The smallest absolute Gasteiger partial charge is 0.165 e. The number of ether oxygens (including phenoxy) is 3. The molecule has 0 radical (unpaired) electrons. The van der Waals surface area contributed by atoms with Crippen molar-refractivity contribution in [2.75, 3.05) is 26.6 Å². The number of nitrogens with zero attached hydrogens (tertiary/aromatic N) is 4.